The molecule has 1 N–H and O–H groups in total. The second kappa shape index (κ2) is 5.95. The van der Waals surface area contributed by atoms with Crippen LogP contribution in [0.25, 0.3) is 0 Å². The Morgan fingerprint density at radius 2 is 1.89 bits per heavy atom. The van der Waals surface area contributed by atoms with Crippen molar-refractivity contribution in [1.29, 1.82) is 0 Å². The molecule has 1 aliphatic rings. The van der Waals surface area contributed by atoms with Crippen LogP contribution in [-0.2, 0) is 12.6 Å². The summed E-state index contributed by atoms with van der Waals surface area (Å²) in [7, 11) is 0. The van der Waals surface area contributed by atoms with Crippen LogP contribution in [0.5, 0.6) is 0 Å². The first-order chi connectivity index (χ1) is 9.00. The fourth-order valence-electron chi connectivity index (χ4n) is 2.99. The summed E-state index contributed by atoms with van der Waals surface area (Å²) in [6.07, 6.45) is 0.755. The highest BCUT2D eigenvalue weighted by Gasteiger charge is 2.31. The number of rotatable bonds is 4. The number of hydrogen-bond acceptors (Lipinski definition) is 1. The summed E-state index contributed by atoms with van der Waals surface area (Å²) in [5.41, 5.74) is 0.0638. The molecule has 0 aliphatic heterocycles. The Labute approximate surface area is 111 Å². The van der Waals surface area contributed by atoms with E-state index in [-0.39, 0.29) is 12.5 Å². The lowest BCUT2D eigenvalue weighted by molar-refractivity contribution is -0.137. The Hall–Kier alpha value is -1.03. The van der Waals surface area contributed by atoms with Crippen LogP contribution in [0.3, 0.4) is 0 Å². The highest BCUT2D eigenvalue weighted by atomic mass is 19.4. The van der Waals surface area contributed by atoms with Crippen molar-refractivity contribution in [2.45, 2.75) is 38.3 Å². The lowest BCUT2D eigenvalue weighted by Crippen LogP contribution is -2.19. The molecule has 1 aromatic rings. The highest BCUT2D eigenvalue weighted by Crippen LogP contribution is 2.34. The van der Waals surface area contributed by atoms with Gasteiger partial charge in [-0.1, -0.05) is 43.9 Å². The average Bonchev–Trinajstić information content (AvgIpc) is 2.89. The van der Waals surface area contributed by atoms with Crippen molar-refractivity contribution in [3.05, 3.63) is 35.4 Å². The van der Waals surface area contributed by atoms with Gasteiger partial charge in [-0.05, 0) is 29.9 Å². The van der Waals surface area contributed by atoms with Gasteiger partial charge in [0.15, 0.2) is 0 Å². The van der Waals surface area contributed by atoms with Crippen molar-refractivity contribution in [2.75, 3.05) is 6.61 Å². The van der Waals surface area contributed by atoms with E-state index < -0.39 is 11.7 Å². The molecule has 1 saturated carbocycles. The van der Waals surface area contributed by atoms with Crippen LogP contribution in [0.4, 0.5) is 13.2 Å². The van der Waals surface area contributed by atoms with Crippen molar-refractivity contribution >= 4 is 0 Å². The summed E-state index contributed by atoms with van der Waals surface area (Å²) in [5.74, 6) is 0.547. The molecule has 19 heavy (non-hydrogen) atoms. The minimum atomic E-state index is -4.29. The standard InChI is InChI=1S/C15H19F3O/c16-15(17,18)14-7-3-4-11(9-14)8-13(10-19)12-5-1-2-6-12/h3-4,7,9,12-13,19H,1-2,5-6,8,10H2. The number of alkyl halides is 3. The Morgan fingerprint density at radius 1 is 1.21 bits per heavy atom. The van der Waals surface area contributed by atoms with E-state index in [1.54, 1.807) is 6.07 Å². The summed E-state index contributed by atoms with van der Waals surface area (Å²) in [5, 5.41) is 9.45. The van der Waals surface area contributed by atoms with Crippen LogP contribution in [0, 0.1) is 11.8 Å². The molecule has 1 aromatic carbocycles. The summed E-state index contributed by atoms with van der Waals surface area (Å²) in [6.45, 7) is 0.0565. The maximum atomic E-state index is 12.6. The topological polar surface area (TPSA) is 20.2 Å². The van der Waals surface area contributed by atoms with Crippen molar-refractivity contribution in [2.24, 2.45) is 11.8 Å². The van der Waals surface area contributed by atoms with Crippen LogP contribution in [-0.4, -0.2) is 11.7 Å². The van der Waals surface area contributed by atoms with Gasteiger partial charge in [0.1, 0.15) is 0 Å². The van der Waals surface area contributed by atoms with Gasteiger partial charge in [0.25, 0.3) is 0 Å². The fraction of sp³-hybridized carbons (Fsp3) is 0.600. The van der Waals surface area contributed by atoms with Crippen LogP contribution in [0.2, 0.25) is 0 Å². The second-order valence-electron chi connectivity index (χ2n) is 5.39. The van der Waals surface area contributed by atoms with E-state index >= 15 is 0 Å². The minimum Gasteiger partial charge on any atom is -0.396 e. The third kappa shape index (κ3) is 3.72. The quantitative estimate of drug-likeness (QED) is 0.876. The van der Waals surface area contributed by atoms with Crippen LogP contribution in [0.15, 0.2) is 24.3 Å². The monoisotopic (exact) mass is 272 g/mol. The summed E-state index contributed by atoms with van der Waals surface area (Å²) in [4.78, 5) is 0. The Bertz CT molecular complexity index is 408. The summed E-state index contributed by atoms with van der Waals surface area (Å²) in [6, 6.07) is 5.46. The predicted octanol–water partition coefficient (Wildman–Crippen LogP) is 4.05. The van der Waals surface area contributed by atoms with Crippen LogP contribution in [0.1, 0.15) is 36.8 Å². The predicted molar refractivity (Wildman–Crippen MR) is 67.7 cm³/mol. The highest BCUT2D eigenvalue weighted by molar-refractivity contribution is 5.26. The van der Waals surface area contributed by atoms with E-state index in [4.69, 9.17) is 0 Å². The van der Waals surface area contributed by atoms with Crippen molar-refractivity contribution < 1.29 is 18.3 Å². The number of benzene rings is 1. The number of aliphatic hydroxyl groups excluding tert-OH is 1. The molecular formula is C15H19F3O. The number of halogens is 3. The second-order valence-corrected chi connectivity index (χ2v) is 5.39. The first kappa shape index (κ1) is 14.4. The van der Waals surface area contributed by atoms with Gasteiger partial charge >= 0.3 is 6.18 Å². The fourth-order valence-corrected chi connectivity index (χ4v) is 2.99. The molecule has 4 heteroatoms. The van der Waals surface area contributed by atoms with E-state index in [2.05, 4.69) is 0 Å². The van der Waals surface area contributed by atoms with Crippen molar-refractivity contribution in [1.82, 2.24) is 0 Å². The van der Waals surface area contributed by atoms with Crippen LogP contribution >= 0.6 is 0 Å². The van der Waals surface area contributed by atoms with Gasteiger partial charge in [-0.3, -0.25) is 0 Å². The molecule has 1 fully saturated rings. The molecule has 1 nitrogen and oxygen atoms in total. The third-order valence-corrected chi connectivity index (χ3v) is 4.05. The number of hydrogen-bond donors (Lipinski definition) is 1. The van der Waals surface area contributed by atoms with Gasteiger partial charge in [-0.2, -0.15) is 13.2 Å². The van der Waals surface area contributed by atoms with E-state index in [1.807, 2.05) is 0 Å². The molecule has 0 aromatic heterocycles. The lowest BCUT2D eigenvalue weighted by atomic mass is 9.86. The van der Waals surface area contributed by atoms with E-state index in [1.165, 1.54) is 25.0 Å². The molecule has 0 saturated heterocycles. The molecule has 0 radical (unpaired) electrons. The van der Waals surface area contributed by atoms with E-state index in [9.17, 15) is 18.3 Å². The summed E-state index contributed by atoms with van der Waals surface area (Å²) >= 11 is 0. The molecule has 106 valence electrons. The Kier molecular flexibility index (Phi) is 4.50. The van der Waals surface area contributed by atoms with Gasteiger partial charge < -0.3 is 5.11 Å². The number of aliphatic hydroxyl groups is 1. The third-order valence-electron chi connectivity index (χ3n) is 4.05. The molecule has 2 rings (SSSR count). The molecule has 1 aliphatic carbocycles. The maximum absolute atomic E-state index is 12.6. The molecule has 1 unspecified atom stereocenters. The maximum Gasteiger partial charge on any atom is 0.416 e. The van der Waals surface area contributed by atoms with Crippen LogP contribution < -0.4 is 0 Å². The lowest BCUT2D eigenvalue weighted by Gasteiger charge is -2.21. The molecule has 0 heterocycles. The molecule has 0 amide bonds. The zero-order chi connectivity index (χ0) is 13.9. The zero-order valence-electron chi connectivity index (χ0n) is 10.8. The van der Waals surface area contributed by atoms with E-state index in [0.717, 1.165) is 18.9 Å². The Balaban J connectivity index is 2.09. The Morgan fingerprint density at radius 3 is 2.47 bits per heavy atom. The van der Waals surface area contributed by atoms with Crippen molar-refractivity contribution in [3.63, 3.8) is 0 Å². The van der Waals surface area contributed by atoms with Gasteiger partial charge in [-0.25, -0.2) is 0 Å². The normalized spacial score (nSPS) is 18.7. The smallest absolute Gasteiger partial charge is 0.396 e. The SMILES string of the molecule is OCC(Cc1cccc(C(F)(F)F)c1)C1CCCC1. The van der Waals surface area contributed by atoms with Gasteiger partial charge in [0, 0.05) is 6.61 Å². The van der Waals surface area contributed by atoms with Gasteiger partial charge in [0.05, 0.1) is 5.56 Å². The zero-order valence-corrected chi connectivity index (χ0v) is 10.8. The van der Waals surface area contributed by atoms with E-state index in [0.29, 0.717) is 17.9 Å². The summed E-state index contributed by atoms with van der Waals surface area (Å²) < 4.78 is 37.9. The van der Waals surface area contributed by atoms with Crippen molar-refractivity contribution in [3.8, 4) is 0 Å². The first-order valence-electron chi connectivity index (χ1n) is 6.77. The average molecular weight is 272 g/mol. The molecule has 0 bridgehead atoms. The first-order valence-corrected chi connectivity index (χ1v) is 6.77. The largest absolute Gasteiger partial charge is 0.416 e. The van der Waals surface area contributed by atoms with Gasteiger partial charge in [0.2, 0.25) is 0 Å². The molecule has 1 atom stereocenters. The molecule has 0 spiro atoms. The van der Waals surface area contributed by atoms with Gasteiger partial charge in [-0.15, -0.1) is 0 Å². The minimum absolute atomic E-state index is 0.0565. The molecular weight excluding hydrogens is 253 g/mol.